The predicted molar refractivity (Wildman–Crippen MR) is 158 cm³/mol. The van der Waals surface area contributed by atoms with Gasteiger partial charge in [0.2, 0.25) is 5.91 Å². The first kappa shape index (κ1) is 29.3. The molecule has 1 amide bonds. The fraction of sp³-hybridized carbons (Fsp3) is 0.424. The summed E-state index contributed by atoms with van der Waals surface area (Å²) in [5.74, 6) is 2.80. The molecule has 7 heteroatoms. The number of methoxy groups -OCH3 is 4. The normalized spacial score (nSPS) is 15.9. The standard InChI is InChI=1S/C33H42N2O5/c1-6-7-17-34-33(36)32(24-12-9-8-10-13-24)35-18-11-14-25-21-30(39-4)31(40-5)22-26(25)27(35)19-23-15-16-28(37-2)29(20-23)38-3/h8-10,12-13,15-16,20-22,27,32H,6-7,11,14,17-19H2,1-5H3,(H,34,36). The summed E-state index contributed by atoms with van der Waals surface area (Å²) >= 11 is 0. The molecule has 214 valence electrons. The third kappa shape index (κ3) is 6.53. The Labute approximate surface area is 238 Å². The van der Waals surface area contributed by atoms with Crippen molar-refractivity contribution in [3.63, 3.8) is 0 Å². The number of hydrogen-bond acceptors (Lipinski definition) is 6. The van der Waals surface area contributed by atoms with Crippen LogP contribution in [0.3, 0.4) is 0 Å². The quantitative estimate of drug-likeness (QED) is 0.285. The minimum atomic E-state index is -0.442. The Hall–Kier alpha value is -3.71. The molecule has 0 aliphatic carbocycles. The van der Waals surface area contributed by atoms with Crippen LogP contribution in [0.1, 0.15) is 60.5 Å². The molecule has 2 atom stereocenters. The Morgan fingerprint density at radius 2 is 1.57 bits per heavy atom. The first-order valence-corrected chi connectivity index (χ1v) is 14.1. The number of carbonyl (C=O) groups is 1. The van der Waals surface area contributed by atoms with Crippen molar-refractivity contribution in [2.75, 3.05) is 41.5 Å². The highest BCUT2D eigenvalue weighted by Gasteiger charge is 2.36. The average Bonchev–Trinajstić information content (AvgIpc) is 3.15. The molecule has 7 nitrogen and oxygen atoms in total. The van der Waals surface area contributed by atoms with E-state index in [1.54, 1.807) is 28.4 Å². The van der Waals surface area contributed by atoms with Gasteiger partial charge in [-0.1, -0.05) is 49.7 Å². The number of ether oxygens (including phenoxy) is 4. The second-order valence-corrected chi connectivity index (χ2v) is 10.1. The van der Waals surface area contributed by atoms with Gasteiger partial charge in [0.1, 0.15) is 6.04 Å². The van der Waals surface area contributed by atoms with E-state index in [1.807, 2.05) is 30.3 Å². The summed E-state index contributed by atoms with van der Waals surface area (Å²) in [5, 5.41) is 3.22. The van der Waals surface area contributed by atoms with Gasteiger partial charge in [0.05, 0.1) is 28.4 Å². The van der Waals surface area contributed by atoms with Crippen molar-refractivity contribution in [1.29, 1.82) is 0 Å². The van der Waals surface area contributed by atoms with Gasteiger partial charge < -0.3 is 24.3 Å². The SMILES string of the molecule is CCCCNC(=O)C(c1ccccc1)N1CCCc2cc(OC)c(OC)cc2C1Cc1ccc(OC)c(OC)c1. The predicted octanol–water partition coefficient (Wildman–Crippen LogP) is 5.91. The Morgan fingerprint density at radius 1 is 0.900 bits per heavy atom. The lowest BCUT2D eigenvalue weighted by Crippen LogP contribution is -2.43. The van der Waals surface area contributed by atoms with Crippen LogP contribution >= 0.6 is 0 Å². The van der Waals surface area contributed by atoms with Crippen LogP contribution in [0.25, 0.3) is 0 Å². The van der Waals surface area contributed by atoms with Crippen LogP contribution < -0.4 is 24.3 Å². The van der Waals surface area contributed by atoms with Crippen molar-refractivity contribution in [2.24, 2.45) is 0 Å². The van der Waals surface area contributed by atoms with Crippen molar-refractivity contribution in [3.8, 4) is 23.0 Å². The van der Waals surface area contributed by atoms with Crippen molar-refractivity contribution in [3.05, 3.63) is 82.9 Å². The summed E-state index contributed by atoms with van der Waals surface area (Å²) in [6, 6.07) is 19.8. The maximum atomic E-state index is 13.9. The Bertz CT molecular complexity index is 1260. The second kappa shape index (κ2) is 14.1. The first-order chi connectivity index (χ1) is 19.5. The molecule has 0 radical (unpaired) electrons. The Morgan fingerprint density at radius 3 is 2.25 bits per heavy atom. The van der Waals surface area contributed by atoms with Gasteiger partial charge in [0.25, 0.3) is 0 Å². The fourth-order valence-electron chi connectivity index (χ4n) is 5.63. The van der Waals surface area contributed by atoms with Crippen molar-refractivity contribution >= 4 is 5.91 Å². The molecule has 0 saturated carbocycles. The molecule has 0 spiro atoms. The summed E-state index contributed by atoms with van der Waals surface area (Å²) in [6.45, 7) is 3.56. The molecule has 40 heavy (non-hydrogen) atoms. The van der Waals surface area contributed by atoms with Gasteiger partial charge in [-0.25, -0.2) is 0 Å². The molecule has 4 rings (SSSR count). The number of aryl methyl sites for hydroxylation is 1. The van der Waals surface area contributed by atoms with Crippen LogP contribution in [0, 0.1) is 0 Å². The van der Waals surface area contributed by atoms with E-state index in [0.717, 1.165) is 54.7 Å². The zero-order valence-electron chi connectivity index (χ0n) is 24.4. The minimum Gasteiger partial charge on any atom is -0.493 e. The lowest BCUT2D eigenvalue weighted by Gasteiger charge is -2.37. The summed E-state index contributed by atoms with van der Waals surface area (Å²) in [5.41, 5.74) is 4.43. The molecule has 1 heterocycles. The lowest BCUT2D eigenvalue weighted by atomic mass is 9.91. The summed E-state index contributed by atoms with van der Waals surface area (Å²) in [4.78, 5) is 16.3. The number of hydrogen-bond donors (Lipinski definition) is 1. The maximum absolute atomic E-state index is 13.9. The topological polar surface area (TPSA) is 69.3 Å². The largest absolute Gasteiger partial charge is 0.493 e. The summed E-state index contributed by atoms with van der Waals surface area (Å²) < 4.78 is 22.5. The van der Waals surface area contributed by atoms with E-state index >= 15 is 0 Å². The van der Waals surface area contributed by atoms with Gasteiger partial charge in [-0.2, -0.15) is 0 Å². The third-order valence-corrected chi connectivity index (χ3v) is 7.67. The zero-order valence-corrected chi connectivity index (χ0v) is 24.4. The smallest absolute Gasteiger partial charge is 0.241 e. The first-order valence-electron chi connectivity index (χ1n) is 14.1. The number of carbonyl (C=O) groups excluding carboxylic acids is 1. The number of nitrogens with one attached hydrogen (secondary N) is 1. The van der Waals surface area contributed by atoms with Crippen LogP contribution in [0.4, 0.5) is 0 Å². The maximum Gasteiger partial charge on any atom is 0.241 e. The van der Waals surface area contributed by atoms with E-state index in [9.17, 15) is 4.79 Å². The molecule has 1 aliphatic rings. The van der Waals surface area contributed by atoms with Crippen LogP contribution in [0.2, 0.25) is 0 Å². The zero-order chi connectivity index (χ0) is 28.5. The number of nitrogens with zero attached hydrogens (tertiary/aromatic N) is 1. The molecular weight excluding hydrogens is 504 g/mol. The molecule has 0 bridgehead atoms. The highest BCUT2D eigenvalue weighted by molar-refractivity contribution is 5.83. The van der Waals surface area contributed by atoms with Gasteiger partial charge >= 0.3 is 0 Å². The van der Waals surface area contributed by atoms with Gasteiger partial charge in [-0.05, 0) is 72.2 Å². The van der Waals surface area contributed by atoms with Gasteiger partial charge in [0, 0.05) is 19.1 Å². The molecular formula is C33H42N2O5. The molecule has 0 aromatic heterocycles. The van der Waals surface area contributed by atoms with E-state index < -0.39 is 6.04 Å². The molecule has 1 N–H and O–H groups in total. The lowest BCUT2D eigenvalue weighted by molar-refractivity contribution is -0.127. The number of fused-ring (bicyclic) bond motifs is 1. The number of rotatable bonds is 12. The monoisotopic (exact) mass is 546 g/mol. The number of benzene rings is 3. The van der Waals surface area contributed by atoms with Gasteiger partial charge in [-0.15, -0.1) is 0 Å². The third-order valence-electron chi connectivity index (χ3n) is 7.67. The summed E-state index contributed by atoms with van der Waals surface area (Å²) in [6.07, 6.45) is 4.44. The van der Waals surface area contributed by atoms with E-state index in [1.165, 1.54) is 5.56 Å². The highest BCUT2D eigenvalue weighted by Crippen LogP contribution is 2.42. The molecule has 1 aliphatic heterocycles. The Balaban J connectivity index is 1.85. The van der Waals surface area contributed by atoms with E-state index in [2.05, 4.69) is 47.5 Å². The fourth-order valence-corrected chi connectivity index (χ4v) is 5.63. The van der Waals surface area contributed by atoms with Gasteiger partial charge in [-0.3, -0.25) is 9.69 Å². The van der Waals surface area contributed by atoms with E-state index in [4.69, 9.17) is 18.9 Å². The molecule has 0 saturated heterocycles. The van der Waals surface area contributed by atoms with Crippen molar-refractivity contribution in [2.45, 2.75) is 51.1 Å². The number of amides is 1. The highest BCUT2D eigenvalue weighted by atomic mass is 16.5. The van der Waals surface area contributed by atoms with Crippen LogP contribution in [0.15, 0.2) is 60.7 Å². The summed E-state index contributed by atoms with van der Waals surface area (Å²) in [7, 11) is 6.62. The average molecular weight is 547 g/mol. The van der Waals surface area contributed by atoms with Crippen molar-refractivity contribution < 1.29 is 23.7 Å². The molecule has 3 aromatic carbocycles. The Kier molecular flexibility index (Phi) is 10.3. The number of unbranched alkanes of at least 4 members (excludes halogenated alkanes) is 1. The molecule has 2 unspecified atom stereocenters. The second-order valence-electron chi connectivity index (χ2n) is 10.1. The van der Waals surface area contributed by atoms with Crippen LogP contribution in [0.5, 0.6) is 23.0 Å². The van der Waals surface area contributed by atoms with E-state index in [-0.39, 0.29) is 11.9 Å². The van der Waals surface area contributed by atoms with E-state index in [0.29, 0.717) is 30.2 Å². The minimum absolute atomic E-state index is 0.0286. The van der Waals surface area contributed by atoms with Gasteiger partial charge in [0.15, 0.2) is 23.0 Å². The molecule has 0 fully saturated rings. The van der Waals surface area contributed by atoms with Crippen LogP contribution in [-0.2, 0) is 17.6 Å². The molecule has 3 aromatic rings. The van der Waals surface area contributed by atoms with Crippen molar-refractivity contribution in [1.82, 2.24) is 10.2 Å². The van der Waals surface area contributed by atoms with Crippen LogP contribution in [-0.4, -0.2) is 52.3 Å².